The zero-order chi connectivity index (χ0) is 15.7. The third kappa shape index (κ3) is 4.07. The molecule has 0 aliphatic carbocycles. The molecular formula is C14H24N2O5. The number of likely N-dealkylation sites (tertiary alicyclic amines) is 2. The van der Waals surface area contributed by atoms with Crippen LogP contribution in [0.1, 0.15) is 33.1 Å². The number of amides is 2. The summed E-state index contributed by atoms with van der Waals surface area (Å²) in [5, 5.41) is 18.7. The predicted molar refractivity (Wildman–Crippen MR) is 75.0 cm³/mol. The third-order valence-electron chi connectivity index (χ3n) is 4.20. The number of urea groups is 1. The average Bonchev–Trinajstić information content (AvgIpc) is 2.53. The Morgan fingerprint density at radius 1 is 1.14 bits per heavy atom. The highest BCUT2D eigenvalue weighted by atomic mass is 16.5. The van der Waals surface area contributed by atoms with E-state index in [1.807, 2.05) is 6.92 Å². The largest absolute Gasteiger partial charge is 0.480 e. The minimum atomic E-state index is -1.00. The van der Waals surface area contributed by atoms with Crippen LogP contribution in [-0.2, 0) is 9.53 Å². The SMILES string of the molecule is CC1(O)CCCN(C(=O)N2CC(C)(OCC(=O)O)C2)CC1. The van der Waals surface area contributed by atoms with Crippen molar-refractivity contribution in [2.24, 2.45) is 0 Å². The number of carboxylic acids is 1. The Kier molecular flexibility index (Phi) is 4.43. The van der Waals surface area contributed by atoms with Crippen molar-refractivity contribution in [2.45, 2.75) is 44.3 Å². The fourth-order valence-corrected chi connectivity index (χ4v) is 2.88. The zero-order valence-electron chi connectivity index (χ0n) is 12.7. The second kappa shape index (κ2) is 5.81. The van der Waals surface area contributed by atoms with Crippen LogP contribution < -0.4 is 0 Å². The molecule has 0 aromatic heterocycles. The van der Waals surface area contributed by atoms with Gasteiger partial charge in [0, 0.05) is 13.1 Å². The number of hydrogen-bond donors (Lipinski definition) is 2. The quantitative estimate of drug-likeness (QED) is 0.793. The van der Waals surface area contributed by atoms with Gasteiger partial charge < -0.3 is 24.7 Å². The van der Waals surface area contributed by atoms with Crippen molar-refractivity contribution in [3.63, 3.8) is 0 Å². The Balaban J connectivity index is 1.82. The van der Waals surface area contributed by atoms with Crippen LogP contribution in [0.25, 0.3) is 0 Å². The first kappa shape index (κ1) is 16.0. The van der Waals surface area contributed by atoms with Crippen molar-refractivity contribution >= 4 is 12.0 Å². The summed E-state index contributed by atoms with van der Waals surface area (Å²) in [7, 11) is 0. The Morgan fingerprint density at radius 3 is 2.43 bits per heavy atom. The smallest absolute Gasteiger partial charge is 0.329 e. The van der Waals surface area contributed by atoms with E-state index in [0.29, 0.717) is 39.0 Å². The molecule has 7 heteroatoms. The topological polar surface area (TPSA) is 90.3 Å². The second-order valence-corrected chi connectivity index (χ2v) is 6.61. The van der Waals surface area contributed by atoms with E-state index in [0.717, 1.165) is 6.42 Å². The lowest BCUT2D eigenvalue weighted by Gasteiger charge is -2.48. The second-order valence-electron chi connectivity index (χ2n) is 6.61. The number of rotatable bonds is 3. The summed E-state index contributed by atoms with van der Waals surface area (Å²) in [4.78, 5) is 26.3. The molecule has 0 aromatic carbocycles. The summed E-state index contributed by atoms with van der Waals surface area (Å²) < 4.78 is 5.30. The Labute approximate surface area is 124 Å². The van der Waals surface area contributed by atoms with Crippen LogP contribution >= 0.6 is 0 Å². The first-order valence-electron chi connectivity index (χ1n) is 7.33. The van der Waals surface area contributed by atoms with E-state index >= 15 is 0 Å². The number of carbonyl (C=O) groups is 2. The van der Waals surface area contributed by atoms with E-state index in [-0.39, 0.29) is 12.6 Å². The molecular weight excluding hydrogens is 276 g/mol. The number of ether oxygens (including phenoxy) is 1. The molecule has 0 bridgehead atoms. The van der Waals surface area contributed by atoms with Crippen LogP contribution in [-0.4, -0.2) is 76.0 Å². The zero-order valence-corrected chi connectivity index (χ0v) is 12.7. The predicted octanol–water partition coefficient (Wildman–Crippen LogP) is 0.519. The summed E-state index contributed by atoms with van der Waals surface area (Å²) >= 11 is 0. The number of carboxylic acid groups (broad SMARTS) is 1. The minimum Gasteiger partial charge on any atom is -0.480 e. The molecule has 0 radical (unpaired) electrons. The van der Waals surface area contributed by atoms with Gasteiger partial charge in [-0.3, -0.25) is 0 Å². The lowest BCUT2D eigenvalue weighted by molar-refractivity contribution is -0.160. The van der Waals surface area contributed by atoms with Crippen molar-refractivity contribution in [3.8, 4) is 0 Å². The maximum Gasteiger partial charge on any atom is 0.329 e. The van der Waals surface area contributed by atoms with Gasteiger partial charge in [-0.15, -0.1) is 0 Å². The summed E-state index contributed by atoms with van der Waals surface area (Å²) in [6.45, 7) is 5.30. The maximum atomic E-state index is 12.4. The normalized spacial score (nSPS) is 28.7. The first-order valence-corrected chi connectivity index (χ1v) is 7.33. The number of hydrogen-bond acceptors (Lipinski definition) is 4. The van der Waals surface area contributed by atoms with Gasteiger partial charge in [0.15, 0.2) is 0 Å². The van der Waals surface area contributed by atoms with E-state index in [9.17, 15) is 14.7 Å². The fraction of sp³-hybridized carbons (Fsp3) is 0.857. The molecule has 2 rings (SSSR count). The molecule has 0 spiro atoms. The molecule has 1 atom stereocenters. The molecule has 0 saturated carbocycles. The van der Waals surface area contributed by atoms with Crippen molar-refractivity contribution < 1.29 is 24.5 Å². The van der Waals surface area contributed by atoms with Crippen LogP contribution in [0, 0.1) is 0 Å². The van der Waals surface area contributed by atoms with Crippen LogP contribution in [0.5, 0.6) is 0 Å². The fourth-order valence-electron chi connectivity index (χ4n) is 2.88. The highest BCUT2D eigenvalue weighted by Crippen LogP contribution is 2.27. The molecule has 0 aromatic rings. The molecule has 2 N–H and O–H groups in total. The first-order chi connectivity index (χ1) is 9.71. The van der Waals surface area contributed by atoms with Gasteiger partial charge in [-0.1, -0.05) is 0 Å². The van der Waals surface area contributed by atoms with Crippen molar-refractivity contribution in [1.82, 2.24) is 9.80 Å². The number of aliphatic hydroxyl groups is 1. The number of nitrogens with zero attached hydrogens (tertiary/aromatic N) is 2. The van der Waals surface area contributed by atoms with Gasteiger partial charge in [-0.25, -0.2) is 9.59 Å². The summed E-state index contributed by atoms with van der Waals surface area (Å²) in [6, 6.07) is -0.0518. The average molecular weight is 300 g/mol. The molecule has 2 amide bonds. The van der Waals surface area contributed by atoms with E-state index < -0.39 is 17.2 Å². The van der Waals surface area contributed by atoms with Gasteiger partial charge in [0.2, 0.25) is 0 Å². The van der Waals surface area contributed by atoms with Crippen molar-refractivity contribution in [2.75, 3.05) is 32.8 Å². The van der Waals surface area contributed by atoms with Gasteiger partial charge in [0.1, 0.15) is 12.2 Å². The molecule has 120 valence electrons. The molecule has 2 aliphatic rings. The molecule has 21 heavy (non-hydrogen) atoms. The lowest BCUT2D eigenvalue weighted by atomic mass is 9.97. The maximum absolute atomic E-state index is 12.4. The van der Waals surface area contributed by atoms with Crippen LogP contribution in [0.4, 0.5) is 4.79 Å². The van der Waals surface area contributed by atoms with E-state index in [1.165, 1.54) is 0 Å². The summed E-state index contributed by atoms with van der Waals surface area (Å²) in [5.74, 6) is -1.00. The molecule has 2 saturated heterocycles. The van der Waals surface area contributed by atoms with E-state index in [2.05, 4.69) is 0 Å². The van der Waals surface area contributed by atoms with Crippen molar-refractivity contribution in [1.29, 1.82) is 0 Å². The lowest BCUT2D eigenvalue weighted by Crippen LogP contribution is -2.65. The molecule has 1 unspecified atom stereocenters. The van der Waals surface area contributed by atoms with E-state index in [4.69, 9.17) is 9.84 Å². The van der Waals surface area contributed by atoms with Crippen LogP contribution in [0.15, 0.2) is 0 Å². The van der Waals surface area contributed by atoms with E-state index in [1.54, 1.807) is 16.7 Å². The standard InChI is InChI=1S/C14H24N2O5/c1-13(20)4-3-6-15(7-5-13)12(19)16-9-14(2,10-16)21-8-11(17)18/h20H,3-10H2,1-2H3,(H,17,18). The molecule has 7 nitrogen and oxygen atoms in total. The number of aliphatic carboxylic acids is 1. The van der Waals surface area contributed by atoms with Crippen LogP contribution in [0.2, 0.25) is 0 Å². The Hall–Kier alpha value is -1.34. The van der Waals surface area contributed by atoms with Crippen molar-refractivity contribution in [3.05, 3.63) is 0 Å². The van der Waals surface area contributed by atoms with Gasteiger partial charge in [0.25, 0.3) is 0 Å². The number of carbonyl (C=O) groups excluding carboxylic acids is 1. The third-order valence-corrected chi connectivity index (χ3v) is 4.20. The summed E-state index contributed by atoms with van der Waals surface area (Å²) in [5.41, 5.74) is -1.26. The Bertz CT molecular complexity index is 418. The van der Waals surface area contributed by atoms with Gasteiger partial charge in [-0.2, -0.15) is 0 Å². The monoisotopic (exact) mass is 300 g/mol. The minimum absolute atomic E-state index is 0.0518. The molecule has 2 heterocycles. The van der Waals surface area contributed by atoms with Gasteiger partial charge in [-0.05, 0) is 33.1 Å². The molecule has 2 fully saturated rings. The van der Waals surface area contributed by atoms with Gasteiger partial charge >= 0.3 is 12.0 Å². The summed E-state index contributed by atoms with van der Waals surface area (Å²) in [6.07, 6.45) is 2.08. The Morgan fingerprint density at radius 2 is 1.81 bits per heavy atom. The highest BCUT2D eigenvalue weighted by molar-refractivity contribution is 5.76. The van der Waals surface area contributed by atoms with Crippen LogP contribution in [0.3, 0.4) is 0 Å². The highest BCUT2D eigenvalue weighted by Gasteiger charge is 2.44. The molecule has 2 aliphatic heterocycles. The van der Waals surface area contributed by atoms with Gasteiger partial charge in [0.05, 0.1) is 18.7 Å².